The zero-order valence-corrected chi connectivity index (χ0v) is 13.0. The molecule has 0 fully saturated rings. The Bertz CT molecular complexity index is 719. The van der Waals surface area contributed by atoms with Gasteiger partial charge in [0.15, 0.2) is 0 Å². The Morgan fingerprint density at radius 2 is 1.48 bits per heavy atom. The van der Waals surface area contributed by atoms with Crippen LogP contribution in [-0.2, 0) is 19.6 Å². The van der Waals surface area contributed by atoms with Gasteiger partial charge in [-0.05, 0) is 22.8 Å². The van der Waals surface area contributed by atoms with Crippen LogP contribution in [0.15, 0.2) is 48.5 Å². The van der Waals surface area contributed by atoms with Crippen molar-refractivity contribution in [3.8, 4) is 0 Å². The number of rotatable bonds is 4. The predicted molar refractivity (Wildman–Crippen MR) is 87.7 cm³/mol. The number of hydrogen-bond acceptors (Lipinski definition) is 3. The van der Waals surface area contributed by atoms with E-state index in [9.17, 15) is 9.90 Å². The van der Waals surface area contributed by atoms with Gasteiger partial charge in [-0.3, -0.25) is 9.69 Å². The molecule has 1 atom stereocenters. The Morgan fingerprint density at radius 1 is 0.870 bits per heavy atom. The fraction of sp³-hybridized carbons (Fsp3) is 0.316. The lowest BCUT2D eigenvalue weighted by molar-refractivity contribution is 0.0540. The molecule has 0 spiro atoms. The van der Waals surface area contributed by atoms with Gasteiger partial charge in [-0.1, -0.05) is 42.5 Å². The standard InChI is InChI=1S/C19H20N2O2/c22-17(12-20-9-14-5-1-2-6-15(14)10-20)13-21-11-16-7-3-4-8-18(16)19(21)23/h1-8,17,22H,9-13H2/t17-/m1/s1. The summed E-state index contributed by atoms with van der Waals surface area (Å²) in [6.07, 6.45) is -0.525. The smallest absolute Gasteiger partial charge is 0.254 e. The number of nitrogens with zero attached hydrogens (tertiary/aromatic N) is 2. The van der Waals surface area contributed by atoms with E-state index in [4.69, 9.17) is 0 Å². The molecule has 0 aromatic heterocycles. The van der Waals surface area contributed by atoms with Crippen LogP contribution < -0.4 is 0 Å². The van der Waals surface area contributed by atoms with E-state index in [0.29, 0.717) is 19.6 Å². The second kappa shape index (κ2) is 5.80. The zero-order valence-electron chi connectivity index (χ0n) is 13.0. The molecular formula is C19H20N2O2. The summed E-state index contributed by atoms with van der Waals surface area (Å²) in [4.78, 5) is 16.3. The molecule has 0 bridgehead atoms. The molecule has 4 nitrogen and oxygen atoms in total. The Labute approximate surface area is 136 Å². The second-order valence-corrected chi connectivity index (χ2v) is 6.43. The van der Waals surface area contributed by atoms with Gasteiger partial charge < -0.3 is 10.0 Å². The van der Waals surface area contributed by atoms with Gasteiger partial charge in [0, 0.05) is 38.3 Å². The minimum atomic E-state index is -0.525. The third-order valence-corrected chi connectivity index (χ3v) is 4.70. The second-order valence-electron chi connectivity index (χ2n) is 6.43. The first kappa shape index (κ1) is 14.4. The van der Waals surface area contributed by atoms with Gasteiger partial charge >= 0.3 is 0 Å². The summed E-state index contributed by atoms with van der Waals surface area (Å²) < 4.78 is 0. The highest BCUT2D eigenvalue weighted by atomic mass is 16.3. The Morgan fingerprint density at radius 3 is 2.13 bits per heavy atom. The molecule has 2 aromatic rings. The molecule has 1 N–H and O–H groups in total. The molecular weight excluding hydrogens is 288 g/mol. The molecule has 2 aromatic carbocycles. The Kier molecular flexibility index (Phi) is 3.63. The Hall–Kier alpha value is -2.17. The Balaban J connectivity index is 1.35. The van der Waals surface area contributed by atoms with E-state index in [2.05, 4.69) is 29.2 Å². The van der Waals surface area contributed by atoms with Crippen molar-refractivity contribution in [1.29, 1.82) is 0 Å². The molecule has 0 aliphatic carbocycles. The molecule has 0 saturated heterocycles. The summed E-state index contributed by atoms with van der Waals surface area (Å²) in [6.45, 7) is 3.34. The molecule has 0 saturated carbocycles. The third kappa shape index (κ3) is 2.76. The van der Waals surface area contributed by atoms with Crippen molar-refractivity contribution in [3.63, 3.8) is 0 Å². The minimum Gasteiger partial charge on any atom is -0.390 e. The number of amides is 1. The van der Waals surface area contributed by atoms with Crippen LogP contribution in [0.1, 0.15) is 27.0 Å². The topological polar surface area (TPSA) is 43.8 Å². The van der Waals surface area contributed by atoms with Crippen molar-refractivity contribution in [1.82, 2.24) is 9.80 Å². The summed E-state index contributed by atoms with van der Waals surface area (Å²) in [5.41, 5.74) is 4.50. The average molecular weight is 308 g/mol. The number of fused-ring (bicyclic) bond motifs is 2. The van der Waals surface area contributed by atoms with Gasteiger partial charge in [-0.25, -0.2) is 0 Å². The van der Waals surface area contributed by atoms with Crippen LogP contribution in [0.3, 0.4) is 0 Å². The number of carbonyl (C=O) groups is 1. The molecule has 2 aliphatic heterocycles. The molecule has 1 amide bonds. The van der Waals surface area contributed by atoms with Crippen molar-refractivity contribution < 1.29 is 9.90 Å². The quantitative estimate of drug-likeness (QED) is 0.940. The lowest BCUT2D eigenvalue weighted by Crippen LogP contribution is -2.38. The van der Waals surface area contributed by atoms with Gasteiger partial charge in [0.1, 0.15) is 0 Å². The van der Waals surface area contributed by atoms with E-state index < -0.39 is 6.10 Å². The summed E-state index contributed by atoms with van der Waals surface area (Å²) in [5.74, 6) is 0.0318. The summed E-state index contributed by atoms with van der Waals surface area (Å²) in [5, 5.41) is 10.4. The van der Waals surface area contributed by atoms with E-state index in [-0.39, 0.29) is 5.91 Å². The first-order valence-corrected chi connectivity index (χ1v) is 8.05. The van der Waals surface area contributed by atoms with Crippen molar-refractivity contribution in [2.45, 2.75) is 25.7 Å². The maximum atomic E-state index is 12.3. The summed E-state index contributed by atoms with van der Waals surface area (Å²) >= 11 is 0. The fourth-order valence-electron chi connectivity index (χ4n) is 3.61. The first-order chi connectivity index (χ1) is 11.2. The molecule has 0 radical (unpaired) electrons. The highest BCUT2D eigenvalue weighted by Gasteiger charge is 2.29. The van der Waals surface area contributed by atoms with Crippen LogP contribution >= 0.6 is 0 Å². The van der Waals surface area contributed by atoms with E-state index in [0.717, 1.165) is 24.2 Å². The number of benzene rings is 2. The minimum absolute atomic E-state index is 0.0318. The van der Waals surface area contributed by atoms with Crippen molar-refractivity contribution in [3.05, 3.63) is 70.8 Å². The van der Waals surface area contributed by atoms with Crippen LogP contribution in [0, 0.1) is 0 Å². The van der Waals surface area contributed by atoms with Crippen LogP contribution in [-0.4, -0.2) is 40.0 Å². The average Bonchev–Trinajstić information content (AvgIpc) is 3.09. The van der Waals surface area contributed by atoms with Gasteiger partial charge in [-0.2, -0.15) is 0 Å². The molecule has 0 unspecified atom stereocenters. The van der Waals surface area contributed by atoms with Crippen LogP contribution in [0.5, 0.6) is 0 Å². The SMILES string of the molecule is O=C1c2ccccc2CN1C[C@H](O)CN1Cc2ccccc2C1. The van der Waals surface area contributed by atoms with Crippen molar-refractivity contribution in [2.75, 3.05) is 13.1 Å². The number of carbonyl (C=O) groups excluding carboxylic acids is 1. The molecule has 4 rings (SSSR count). The van der Waals surface area contributed by atoms with E-state index in [1.54, 1.807) is 4.90 Å². The molecule has 23 heavy (non-hydrogen) atoms. The van der Waals surface area contributed by atoms with Gasteiger partial charge in [0.05, 0.1) is 6.10 Å². The van der Waals surface area contributed by atoms with Gasteiger partial charge in [0.2, 0.25) is 0 Å². The largest absolute Gasteiger partial charge is 0.390 e. The summed E-state index contributed by atoms with van der Waals surface area (Å²) in [6, 6.07) is 16.1. The fourth-order valence-corrected chi connectivity index (χ4v) is 3.61. The van der Waals surface area contributed by atoms with Gasteiger partial charge in [0.25, 0.3) is 5.91 Å². The molecule has 4 heteroatoms. The highest BCUT2D eigenvalue weighted by Crippen LogP contribution is 2.24. The lowest BCUT2D eigenvalue weighted by Gasteiger charge is -2.24. The van der Waals surface area contributed by atoms with Crippen LogP contribution in [0.4, 0.5) is 0 Å². The summed E-state index contributed by atoms with van der Waals surface area (Å²) in [7, 11) is 0. The van der Waals surface area contributed by atoms with E-state index in [1.165, 1.54) is 11.1 Å². The van der Waals surface area contributed by atoms with Crippen molar-refractivity contribution in [2.24, 2.45) is 0 Å². The third-order valence-electron chi connectivity index (χ3n) is 4.70. The molecule has 118 valence electrons. The molecule has 2 aliphatic rings. The van der Waals surface area contributed by atoms with Gasteiger partial charge in [-0.15, -0.1) is 0 Å². The molecule has 2 heterocycles. The number of hydrogen-bond donors (Lipinski definition) is 1. The maximum absolute atomic E-state index is 12.3. The maximum Gasteiger partial charge on any atom is 0.254 e. The van der Waals surface area contributed by atoms with Crippen LogP contribution in [0.2, 0.25) is 0 Å². The predicted octanol–water partition coefficient (Wildman–Crippen LogP) is 2.02. The van der Waals surface area contributed by atoms with Crippen molar-refractivity contribution >= 4 is 5.91 Å². The normalized spacial score (nSPS) is 18.1. The van der Waals surface area contributed by atoms with E-state index >= 15 is 0 Å². The monoisotopic (exact) mass is 308 g/mol. The lowest BCUT2D eigenvalue weighted by atomic mass is 10.1. The number of aliphatic hydroxyl groups excluding tert-OH is 1. The zero-order chi connectivity index (χ0) is 15.8. The first-order valence-electron chi connectivity index (χ1n) is 8.05. The number of β-amino-alcohol motifs (C(OH)–C–C–N with tert-alkyl or cyclic N) is 1. The van der Waals surface area contributed by atoms with E-state index in [1.807, 2.05) is 24.3 Å². The highest BCUT2D eigenvalue weighted by molar-refractivity contribution is 5.98. The van der Waals surface area contributed by atoms with Crippen LogP contribution in [0.25, 0.3) is 0 Å². The number of aliphatic hydroxyl groups is 1.